The number of likely N-dealkylation sites (N-methyl/N-ethyl adjacent to an activating group) is 1. The molecular formula is C76H143NO8P+. The Balaban J connectivity index is 3.89. The molecule has 2 unspecified atom stereocenters. The van der Waals surface area contributed by atoms with Gasteiger partial charge in [-0.2, -0.15) is 0 Å². The van der Waals surface area contributed by atoms with E-state index in [1.54, 1.807) is 0 Å². The summed E-state index contributed by atoms with van der Waals surface area (Å²) in [6.07, 6.45) is 89.2. The summed E-state index contributed by atoms with van der Waals surface area (Å²) in [5.41, 5.74) is 0. The standard InChI is InChI=1S/C76H142NO8P/c1-6-8-10-12-14-16-18-20-22-24-26-28-29-30-31-32-33-34-35-36-37-38-39-40-41-42-43-44-45-46-47-49-51-53-55-57-59-61-63-65-67-69-76(79)85-74(73-84-86(80,81)83-71-70-77(3,4)5)72-82-75(78)68-66-64-62-60-58-56-54-52-50-48-27-25-23-21-19-17-15-13-11-9-7-2/h8,10,14,16,20,22,26,28,30-31,74H,6-7,9,11-13,15,17-19,21,23-25,27,29,32-73H2,1-5H3/p+1/b10-8-,16-14-,22-20-,28-26-,31-30-. The zero-order valence-corrected chi connectivity index (χ0v) is 58.5. The number of phosphoric ester groups is 1. The summed E-state index contributed by atoms with van der Waals surface area (Å²) in [6.45, 7) is 4.39. The zero-order valence-electron chi connectivity index (χ0n) is 57.6. The molecule has 0 bridgehead atoms. The molecule has 0 aliphatic carbocycles. The first kappa shape index (κ1) is 83.7. The number of allylic oxidation sites excluding steroid dienone is 10. The summed E-state index contributed by atoms with van der Waals surface area (Å²) in [4.78, 5) is 35.9. The minimum Gasteiger partial charge on any atom is -0.462 e. The third-order valence-electron chi connectivity index (χ3n) is 16.6. The number of rotatable bonds is 69. The molecule has 0 saturated carbocycles. The predicted molar refractivity (Wildman–Crippen MR) is 372 cm³/mol. The number of phosphoric acid groups is 1. The van der Waals surface area contributed by atoms with Gasteiger partial charge in [-0.15, -0.1) is 0 Å². The van der Waals surface area contributed by atoms with E-state index >= 15 is 0 Å². The van der Waals surface area contributed by atoms with E-state index in [1.165, 1.54) is 263 Å². The Labute approximate surface area is 534 Å². The molecular weight excluding hydrogens is 1090 g/mol. The fourth-order valence-electron chi connectivity index (χ4n) is 10.9. The van der Waals surface area contributed by atoms with Crippen LogP contribution in [0.4, 0.5) is 0 Å². The van der Waals surface area contributed by atoms with Crippen LogP contribution in [-0.4, -0.2) is 74.9 Å². The van der Waals surface area contributed by atoms with Gasteiger partial charge in [-0.1, -0.05) is 351 Å². The number of carbonyl (C=O) groups excluding carboxylic acids is 2. The molecule has 2 atom stereocenters. The molecule has 0 rings (SSSR count). The first-order chi connectivity index (χ1) is 42.0. The monoisotopic (exact) mass is 1230 g/mol. The normalized spacial score (nSPS) is 13.4. The lowest BCUT2D eigenvalue weighted by atomic mass is 10.0. The van der Waals surface area contributed by atoms with Gasteiger partial charge in [-0.25, -0.2) is 4.57 Å². The highest BCUT2D eigenvalue weighted by molar-refractivity contribution is 7.47. The van der Waals surface area contributed by atoms with E-state index in [4.69, 9.17) is 18.5 Å². The molecule has 10 heteroatoms. The summed E-state index contributed by atoms with van der Waals surface area (Å²) in [7, 11) is 1.50. The molecule has 504 valence electrons. The summed E-state index contributed by atoms with van der Waals surface area (Å²) in [5, 5.41) is 0. The third kappa shape index (κ3) is 70.8. The van der Waals surface area contributed by atoms with Crippen molar-refractivity contribution in [2.24, 2.45) is 0 Å². The van der Waals surface area contributed by atoms with Gasteiger partial charge in [0.25, 0.3) is 0 Å². The maximum atomic E-state index is 12.9. The van der Waals surface area contributed by atoms with Gasteiger partial charge in [-0.05, 0) is 57.8 Å². The zero-order chi connectivity index (χ0) is 62.6. The summed E-state index contributed by atoms with van der Waals surface area (Å²) < 4.78 is 34.8. The first-order valence-corrected chi connectivity index (χ1v) is 38.5. The molecule has 0 aromatic heterocycles. The molecule has 0 aromatic rings. The lowest BCUT2D eigenvalue weighted by Gasteiger charge is -2.24. The largest absolute Gasteiger partial charge is 0.472 e. The number of esters is 2. The van der Waals surface area contributed by atoms with Crippen molar-refractivity contribution in [3.05, 3.63) is 60.8 Å². The molecule has 0 radical (unpaired) electrons. The summed E-state index contributed by atoms with van der Waals surface area (Å²) >= 11 is 0. The van der Waals surface area contributed by atoms with Crippen LogP contribution in [0, 0.1) is 0 Å². The molecule has 0 saturated heterocycles. The lowest BCUT2D eigenvalue weighted by molar-refractivity contribution is -0.870. The van der Waals surface area contributed by atoms with E-state index in [1.807, 2.05) is 21.1 Å². The van der Waals surface area contributed by atoms with Gasteiger partial charge < -0.3 is 18.9 Å². The van der Waals surface area contributed by atoms with Crippen molar-refractivity contribution in [1.82, 2.24) is 0 Å². The van der Waals surface area contributed by atoms with Crippen LogP contribution in [0.5, 0.6) is 0 Å². The number of ether oxygens (including phenoxy) is 2. The molecule has 9 nitrogen and oxygen atoms in total. The molecule has 0 fully saturated rings. The Hall–Kier alpha value is -2.29. The Morgan fingerprint density at radius 1 is 0.372 bits per heavy atom. The van der Waals surface area contributed by atoms with Gasteiger partial charge in [-0.3, -0.25) is 18.6 Å². The van der Waals surface area contributed by atoms with E-state index < -0.39 is 26.5 Å². The summed E-state index contributed by atoms with van der Waals surface area (Å²) in [5.74, 6) is -0.774. The quantitative estimate of drug-likeness (QED) is 0.0211. The van der Waals surface area contributed by atoms with Crippen molar-refractivity contribution in [2.45, 2.75) is 367 Å². The van der Waals surface area contributed by atoms with Gasteiger partial charge >= 0.3 is 19.8 Å². The highest BCUT2D eigenvalue weighted by Crippen LogP contribution is 2.43. The highest BCUT2D eigenvalue weighted by atomic mass is 31.2. The lowest BCUT2D eigenvalue weighted by Crippen LogP contribution is -2.37. The maximum absolute atomic E-state index is 12.9. The topological polar surface area (TPSA) is 108 Å². The number of unbranched alkanes of at least 4 members (excludes halogenated alkanes) is 45. The van der Waals surface area contributed by atoms with Crippen molar-refractivity contribution in [2.75, 3.05) is 47.5 Å². The molecule has 0 aliphatic rings. The predicted octanol–water partition coefficient (Wildman–Crippen LogP) is 24.2. The third-order valence-corrected chi connectivity index (χ3v) is 17.5. The smallest absolute Gasteiger partial charge is 0.462 e. The van der Waals surface area contributed by atoms with Gasteiger partial charge in [0, 0.05) is 12.8 Å². The maximum Gasteiger partial charge on any atom is 0.472 e. The molecule has 1 N–H and O–H groups in total. The van der Waals surface area contributed by atoms with Gasteiger partial charge in [0.2, 0.25) is 0 Å². The molecule has 0 amide bonds. The van der Waals surface area contributed by atoms with Gasteiger partial charge in [0.1, 0.15) is 19.8 Å². The van der Waals surface area contributed by atoms with E-state index in [9.17, 15) is 19.0 Å². The minimum atomic E-state index is -4.39. The van der Waals surface area contributed by atoms with Crippen LogP contribution in [0.25, 0.3) is 0 Å². The van der Waals surface area contributed by atoms with Crippen molar-refractivity contribution in [3.8, 4) is 0 Å². The first-order valence-electron chi connectivity index (χ1n) is 37.0. The van der Waals surface area contributed by atoms with E-state index in [2.05, 4.69) is 74.6 Å². The van der Waals surface area contributed by atoms with Crippen LogP contribution in [-0.2, 0) is 32.7 Å². The van der Waals surface area contributed by atoms with Crippen molar-refractivity contribution in [1.29, 1.82) is 0 Å². The minimum absolute atomic E-state index is 0.0349. The van der Waals surface area contributed by atoms with Gasteiger partial charge in [0.15, 0.2) is 6.10 Å². The second-order valence-electron chi connectivity index (χ2n) is 26.3. The number of nitrogens with zero attached hydrogens (tertiary/aromatic N) is 1. The van der Waals surface area contributed by atoms with Crippen LogP contribution in [0.2, 0.25) is 0 Å². The van der Waals surface area contributed by atoms with Crippen molar-refractivity contribution < 1.29 is 42.1 Å². The van der Waals surface area contributed by atoms with Crippen LogP contribution < -0.4 is 0 Å². The van der Waals surface area contributed by atoms with Crippen LogP contribution in [0.1, 0.15) is 361 Å². The van der Waals surface area contributed by atoms with Crippen LogP contribution in [0.3, 0.4) is 0 Å². The fourth-order valence-corrected chi connectivity index (χ4v) is 11.7. The molecule has 0 aromatic carbocycles. The molecule has 86 heavy (non-hydrogen) atoms. The fraction of sp³-hybridized carbons (Fsp3) is 0.842. The molecule has 0 aliphatic heterocycles. The van der Waals surface area contributed by atoms with Crippen LogP contribution >= 0.6 is 7.82 Å². The van der Waals surface area contributed by atoms with E-state index in [0.717, 1.165) is 64.2 Å². The number of quaternary nitrogens is 1. The second kappa shape index (κ2) is 67.1. The average molecular weight is 1230 g/mol. The van der Waals surface area contributed by atoms with E-state index in [-0.39, 0.29) is 25.6 Å². The SMILES string of the molecule is CC/C=C\C/C=C\C/C=C\C/C=C\C/C=C\CCCCCCCCCCCCCCCCCCCCCCCCCCCC(=O)OC(COC(=O)CCCCCCCCCCCCCCCCCCCCCCC)COP(=O)(O)OCC[N+](C)(C)C. The van der Waals surface area contributed by atoms with Crippen LogP contribution in [0.15, 0.2) is 60.8 Å². The number of hydrogen-bond acceptors (Lipinski definition) is 7. The Kier molecular flexibility index (Phi) is 65.3. The number of carbonyl (C=O) groups is 2. The van der Waals surface area contributed by atoms with Gasteiger partial charge in [0.05, 0.1) is 27.7 Å². The summed E-state index contributed by atoms with van der Waals surface area (Å²) in [6, 6.07) is 0. The average Bonchev–Trinajstić information content (AvgIpc) is 3.70. The molecule has 0 heterocycles. The highest BCUT2D eigenvalue weighted by Gasteiger charge is 2.27. The van der Waals surface area contributed by atoms with E-state index in [0.29, 0.717) is 23.9 Å². The second-order valence-corrected chi connectivity index (χ2v) is 27.8. The van der Waals surface area contributed by atoms with Crippen molar-refractivity contribution in [3.63, 3.8) is 0 Å². The molecule has 0 spiro atoms. The Bertz CT molecular complexity index is 1630. The Morgan fingerprint density at radius 3 is 0.988 bits per heavy atom. The number of hydrogen-bond donors (Lipinski definition) is 1. The Morgan fingerprint density at radius 2 is 0.663 bits per heavy atom. The van der Waals surface area contributed by atoms with Crippen molar-refractivity contribution >= 4 is 19.8 Å².